The van der Waals surface area contributed by atoms with E-state index in [9.17, 15) is 9.59 Å². The predicted molar refractivity (Wildman–Crippen MR) is 121 cm³/mol. The Morgan fingerprint density at radius 2 is 1.83 bits per heavy atom. The Balaban J connectivity index is 1.68. The molecule has 1 N–H and O–H groups in total. The van der Waals surface area contributed by atoms with Crippen molar-refractivity contribution in [2.75, 3.05) is 23.3 Å². The third kappa shape index (κ3) is 3.95. The van der Waals surface area contributed by atoms with Crippen LogP contribution in [-0.2, 0) is 17.8 Å². The summed E-state index contributed by atoms with van der Waals surface area (Å²) in [6, 6.07) is 13.7. The topological polar surface area (TPSA) is 67.2 Å². The molecular formula is C24H28N4O2. The summed E-state index contributed by atoms with van der Waals surface area (Å²) in [4.78, 5) is 32.4. The van der Waals surface area contributed by atoms with Crippen LogP contribution in [0.4, 0.5) is 11.5 Å². The highest BCUT2D eigenvalue weighted by Gasteiger charge is 2.19. The van der Waals surface area contributed by atoms with Crippen molar-refractivity contribution in [2.24, 2.45) is 0 Å². The maximum atomic E-state index is 12.9. The van der Waals surface area contributed by atoms with Crippen molar-refractivity contribution in [3.05, 3.63) is 64.1 Å². The molecule has 1 fully saturated rings. The van der Waals surface area contributed by atoms with Gasteiger partial charge in [0, 0.05) is 24.2 Å². The highest BCUT2D eigenvalue weighted by atomic mass is 16.2. The van der Waals surface area contributed by atoms with Crippen molar-refractivity contribution in [1.29, 1.82) is 0 Å². The van der Waals surface area contributed by atoms with Crippen LogP contribution in [0.3, 0.4) is 0 Å². The van der Waals surface area contributed by atoms with Crippen LogP contribution in [0.5, 0.6) is 0 Å². The average Bonchev–Trinajstić information content (AvgIpc) is 2.77. The van der Waals surface area contributed by atoms with E-state index in [4.69, 9.17) is 0 Å². The van der Waals surface area contributed by atoms with Crippen LogP contribution >= 0.6 is 0 Å². The van der Waals surface area contributed by atoms with Gasteiger partial charge in [-0.25, -0.2) is 4.79 Å². The first-order valence-corrected chi connectivity index (χ1v) is 10.7. The molecule has 1 aliphatic rings. The van der Waals surface area contributed by atoms with Gasteiger partial charge in [-0.3, -0.25) is 9.36 Å². The molecule has 1 amide bonds. The number of aromatic nitrogens is 2. The molecule has 0 atom stereocenters. The fourth-order valence-electron chi connectivity index (χ4n) is 4.24. The van der Waals surface area contributed by atoms with Crippen molar-refractivity contribution in [3.8, 4) is 0 Å². The van der Waals surface area contributed by atoms with Gasteiger partial charge in [-0.2, -0.15) is 4.98 Å². The normalized spacial score (nSPS) is 14.1. The van der Waals surface area contributed by atoms with Gasteiger partial charge in [0.2, 0.25) is 5.91 Å². The van der Waals surface area contributed by atoms with Crippen LogP contribution in [0.25, 0.3) is 10.9 Å². The fraction of sp³-hybridized carbons (Fsp3) is 0.375. The van der Waals surface area contributed by atoms with E-state index in [1.807, 2.05) is 49.4 Å². The number of nitrogens with one attached hydrogen (secondary N) is 1. The van der Waals surface area contributed by atoms with Gasteiger partial charge in [0.15, 0.2) is 0 Å². The van der Waals surface area contributed by atoms with E-state index in [0.29, 0.717) is 0 Å². The SMILES string of the molecule is CCc1cccc(C)c1NC(=O)Cn1c(=O)nc(N2CCCCC2)c2ccccc21. The zero-order valence-corrected chi connectivity index (χ0v) is 17.6. The van der Waals surface area contributed by atoms with Crippen LogP contribution < -0.4 is 15.9 Å². The molecule has 0 radical (unpaired) electrons. The number of anilines is 2. The van der Waals surface area contributed by atoms with Crippen molar-refractivity contribution >= 4 is 28.3 Å². The number of carbonyl (C=O) groups is 1. The van der Waals surface area contributed by atoms with E-state index < -0.39 is 0 Å². The third-order valence-electron chi connectivity index (χ3n) is 5.83. The highest BCUT2D eigenvalue weighted by Crippen LogP contribution is 2.26. The molecule has 6 nitrogen and oxygen atoms in total. The van der Waals surface area contributed by atoms with Gasteiger partial charge in [0.1, 0.15) is 12.4 Å². The molecule has 2 aromatic carbocycles. The van der Waals surface area contributed by atoms with E-state index in [1.54, 1.807) is 0 Å². The summed E-state index contributed by atoms with van der Waals surface area (Å²) < 4.78 is 1.47. The first kappa shape index (κ1) is 20.1. The number of nitrogens with zero attached hydrogens (tertiary/aromatic N) is 3. The Hall–Kier alpha value is -3.15. The van der Waals surface area contributed by atoms with E-state index in [-0.39, 0.29) is 18.1 Å². The largest absolute Gasteiger partial charge is 0.356 e. The molecule has 0 unspecified atom stereocenters. The molecule has 4 rings (SSSR count). The second-order valence-corrected chi connectivity index (χ2v) is 7.88. The van der Waals surface area contributed by atoms with Crippen LogP contribution in [0.2, 0.25) is 0 Å². The van der Waals surface area contributed by atoms with Crippen molar-refractivity contribution in [3.63, 3.8) is 0 Å². The van der Waals surface area contributed by atoms with Crippen LogP contribution in [-0.4, -0.2) is 28.5 Å². The minimum atomic E-state index is -0.384. The Labute approximate surface area is 176 Å². The van der Waals surface area contributed by atoms with Crippen molar-refractivity contribution in [2.45, 2.75) is 46.1 Å². The number of para-hydroxylation sites is 2. The minimum Gasteiger partial charge on any atom is -0.356 e. The molecule has 0 aliphatic carbocycles. The Bertz CT molecular complexity index is 1130. The van der Waals surface area contributed by atoms with Gasteiger partial charge in [-0.1, -0.05) is 37.3 Å². The first-order valence-electron chi connectivity index (χ1n) is 10.7. The van der Waals surface area contributed by atoms with E-state index in [0.717, 1.165) is 65.9 Å². The van der Waals surface area contributed by atoms with E-state index in [2.05, 4.69) is 22.1 Å². The Kier molecular flexibility index (Phi) is 5.84. The van der Waals surface area contributed by atoms with Gasteiger partial charge in [0.25, 0.3) is 0 Å². The van der Waals surface area contributed by atoms with Gasteiger partial charge < -0.3 is 10.2 Å². The molecule has 0 saturated carbocycles. The number of piperidine rings is 1. The molecule has 6 heteroatoms. The number of carbonyl (C=O) groups excluding carboxylic acids is 1. The molecule has 0 spiro atoms. The summed E-state index contributed by atoms with van der Waals surface area (Å²) in [6.07, 6.45) is 4.26. The highest BCUT2D eigenvalue weighted by molar-refractivity contribution is 5.94. The lowest BCUT2D eigenvalue weighted by molar-refractivity contribution is -0.116. The van der Waals surface area contributed by atoms with Gasteiger partial charge >= 0.3 is 5.69 Å². The number of hydrogen-bond acceptors (Lipinski definition) is 4. The minimum absolute atomic E-state index is 0.0654. The lowest BCUT2D eigenvalue weighted by Gasteiger charge is -2.29. The Morgan fingerprint density at radius 1 is 1.07 bits per heavy atom. The molecule has 2 heterocycles. The smallest absolute Gasteiger partial charge is 0.350 e. The van der Waals surface area contributed by atoms with Gasteiger partial charge in [-0.15, -0.1) is 0 Å². The molecule has 156 valence electrons. The van der Waals surface area contributed by atoms with Crippen molar-refractivity contribution < 1.29 is 4.79 Å². The first-order chi connectivity index (χ1) is 14.6. The van der Waals surface area contributed by atoms with Crippen LogP contribution in [0.1, 0.15) is 37.3 Å². The van der Waals surface area contributed by atoms with E-state index in [1.165, 1.54) is 11.0 Å². The summed E-state index contributed by atoms with van der Waals surface area (Å²) in [5, 5.41) is 3.93. The van der Waals surface area contributed by atoms with Crippen molar-refractivity contribution in [1.82, 2.24) is 9.55 Å². The van der Waals surface area contributed by atoms with Crippen LogP contribution in [0.15, 0.2) is 47.3 Å². The van der Waals surface area contributed by atoms with Gasteiger partial charge in [-0.05, 0) is 55.9 Å². The summed E-state index contributed by atoms with van der Waals surface area (Å²) in [5.41, 5.74) is 3.29. The lowest BCUT2D eigenvalue weighted by atomic mass is 10.1. The molecule has 3 aromatic rings. The zero-order valence-electron chi connectivity index (χ0n) is 17.6. The Morgan fingerprint density at radius 3 is 2.60 bits per heavy atom. The molecule has 1 saturated heterocycles. The molecular weight excluding hydrogens is 376 g/mol. The molecule has 1 aromatic heterocycles. The fourth-order valence-corrected chi connectivity index (χ4v) is 4.24. The maximum absolute atomic E-state index is 12.9. The summed E-state index contributed by atoms with van der Waals surface area (Å²) in [6.45, 7) is 5.79. The summed E-state index contributed by atoms with van der Waals surface area (Å²) in [5.74, 6) is 0.512. The second kappa shape index (κ2) is 8.69. The summed E-state index contributed by atoms with van der Waals surface area (Å²) >= 11 is 0. The molecule has 30 heavy (non-hydrogen) atoms. The number of amides is 1. The quantitative estimate of drug-likeness (QED) is 0.700. The average molecular weight is 405 g/mol. The van der Waals surface area contributed by atoms with Crippen LogP contribution in [0, 0.1) is 6.92 Å². The molecule has 0 bridgehead atoms. The third-order valence-corrected chi connectivity index (χ3v) is 5.83. The number of rotatable bonds is 5. The summed E-state index contributed by atoms with van der Waals surface area (Å²) in [7, 11) is 0. The predicted octanol–water partition coefficient (Wildman–Crippen LogP) is 3.90. The number of fused-ring (bicyclic) bond motifs is 1. The van der Waals surface area contributed by atoms with E-state index >= 15 is 0 Å². The molecule has 1 aliphatic heterocycles. The standard InChI is InChI=1S/C24H28N4O2/c1-3-18-11-9-10-17(2)22(18)25-21(29)16-28-20-13-6-5-12-19(20)23(26-24(28)30)27-14-7-4-8-15-27/h5-6,9-13H,3-4,7-8,14-16H2,1-2H3,(H,25,29). The number of aryl methyl sites for hydroxylation is 2. The zero-order chi connectivity index (χ0) is 21.1. The van der Waals surface area contributed by atoms with Gasteiger partial charge in [0.05, 0.1) is 5.52 Å². The second-order valence-electron chi connectivity index (χ2n) is 7.88. The maximum Gasteiger partial charge on any atom is 0.350 e. The number of benzene rings is 2. The number of hydrogen-bond donors (Lipinski definition) is 1. The lowest BCUT2D eigenvalue weighted by Crippen LogP contribution is -2.35. The monoisotopic (exact) mass is 404 g/mol.